The molecular formula is C20H28O5. The lowest BCUT2D eigenvalue weighted by molar-refractivity contribution is -0.291. The number of Topliss-reactive ketones (excluding diaryl/α,β-unsaturated/α-hetero) is 1. The molecule has 2 aliphatic rings. The maximum atomic E-state index is 11.6. The zero-order valence-electron chi connectivity index (χ0n) is 15.7. The molecule has 1 unspecified atom stereocenters. The van der Waals surface area contributed by atoms with Crippen LogP contribution in [0.15, 0.2) is 18.2 Å². The number of methoxy groups -OCH3 is 2. The zero-order chi connectivity index (χ0) is 18.1. The number of ether oxygens (including phenoxy) is 4. The second kappa shape index (κ2) is 7.54. The van der Waals surface area contributed by atoms with E-state index in [0.29, 0.717) is 0 Å². The van der Waals surface area contributed by atoms with Crippen LogP contribution in [-0.2, 0) is 31.8 Å². The van der Waals surface area contributed by atoms with E-state index in [0.717, 1.165) is 18.4 Å². The van der Waals surface area contributed by atoms with Gasteiger partial charge >= 0.3 is 0 Å². The van der Waals surface area contributed by atoms with Gasteiger partial charge in [0.05, 0.1) is 18.3 Å². The van der Waals surface area contributed by atoms with Gasteiger partial charge in [-0.1, -0.05) is 19.1 Å². The van der Waals surface area contributed by atoms with Gasteiger partial charge in [0.2, 0.25) is 0 Å². The van der Waals surface area contributed by atoms with E-state index in [1.807, 2.05) is 25.1 Å². The first-order chi connectivity index (χ1) is 11.9. The number of benzene rings is 1. The van der Waals surface area contributed by atoms with E-state index in [4.69, 9.17) is 18.9 Å². The first kappa shape index (κ1) is 18.5. The molecule has 0 bridgehead atoms. The molecule has 0 aromatic heterocycles. The van der Waals surface area contributed by atoms with E-state index in [2.05, 4.69) is 6.92 Å². The second-order valence-electron chi connectivity index (χ2n) is 7.18. The molecule has 1 saturated heterocycles. The first-order valence-corrected chi connectivity index (χ1v) is 8.93. The molecule has 1 aromatic rings. The second-order valence-corrected chi connectivity index (χ2v) is 7.18. The molecule has 1 aliphatic carbocycles. The standard InChI is InChI=1S/C20H28O5/c1-11-18(22-4)19(23-5)13(3)24-20(11)25-17-9-15-7-6-14(12(2)21)8-16(15)10-17/h6-8,11,13,17-20H,9-10H2,1-5H3/t11-,13+,17?,18+,19+,20+/m1/s1. The third kappa shape index (κ3) is 3.65. The molecule has 5 heteroatoms. The number of fused-ring (bicyclic) bond motifs is 1. The Bertz CT molecular complexity index is 629. The number of carbonyl (C=O) groups excluding carboxylic acids is 1. The van der Waals surface area contributed by atoms with Crippen LogP contribution in [0.25, 0.3) is 0 Å². The monoisotopic (exact) mass is 348 g/mol. The van der Waals surface area contributed by atoms with E-state index >= 15 is 0 Å². The molecule has 0 amide bonds. The third-order valence-electron chi connectivity index (χ3n) is 5.46. The highest BCUT2D eigenvalue weighted by Gasteiger charge is 2.44. The summed E-state index contributed by atoms with van der Waals surface area (Å²) >= 11 is 0. The summed E-state index contributed by atoms with van der Waals surface area (Å²) in [5.41, 5.74) is 3.22. The van der Waals surface area contributed by atoms with E-state index < -0.39 is 0 Å². The number of hydrogen-bond donors (Lipinski definition) is 0. The van der Waals surface area contributed by atoms with Crippen molar-refractivity contribution in [3.8, 4) is 0 Å². The number of hydrogen-bond acceptors (Lipinski definition) is 5. The molecular weight excluding hydrogens is 320 g/mol. The fourth-order valence-electron chi connectivity index (χ4n) is 4.05. The minimum absolute atomic E-state index is 0.0631. The summed E-state index contributed by atoms with van der Waals surface area (Å²) in [4.78, 5) is 11.6. The summed E-state index contributed by atoms with van der Waals surface area (Å²) < 4.78 is 23.6. The summed E-state index contributed by atoms with van der Waals surface area (Å²) in [6.07, 6.45) is 1.14. The van der Waals surface area contributed by atoms with Crippen molar-refractivity contribution in [2.24, 2.45) is 5.92 Å². The topological polar surface area (TPSA) is 54.0 Å². The maximum Gasteiger partial charge on any atom is 0.163 e. The Morgan fingerprint density at radius 1 is 1.08 bits per heavy atom. The molecule has 0 radical (unpaired) electrons. The van der Waals surface area contributed by atoms with Crippen molar-refractivity contribution in [3.63, 3.8) is 0 Å². The normalized spacial score (nSPS) is 34.8. The molecule has 1 aromatic carbocycles. The van der Waals surface area contributed by atoms with E-state index in [-0.39, 0.29) is 42.4 Å². The van der Waals surface area contributed by atoms with Gasteiger partial charge in [0.1, 0.15) is 6.10 Å². The first-order valence-electron chi connectivity index (χ1n) is 8.93. The van der Waals surface area contributed by atoms with Crippen LogP contribution in [-0.4, -0.2) is 50.7 Å². The molecule has 1 fully saturated rings. The fourth-order valence-corrected chi connectivity index (χ4v) is 4.05. The van der Waals surface area contributed by atoms with E-state index in [1.165, 1.54) is 11.1 Å². The van der Waals surface area contributed by atoms with Crippen LogP contribution in [0, 0.1) is 5.92 Å². The highest BCUT2D eigenvalue weighted by atomic mass is 16.7. The molecule has 0 spiro atoms. The molecule has 5 nitrogen and oxygen atoms in total. The van der Waals surface area contributed by atoms with Gasteiger partial charge in [-0.25, -0.2) is 0 Å². The van der Waals surface area contributed by atoms with Crippen molar-refractivity contribution in [2.45, 2.75) is 64.3 Å². The fraction of sp³-hybridized carbons (Fsp3) is 0.650. The summed E-state index contributed by atoms with van der Waals surface area (Å²) in [7, 11) is 3.39. The average molecular weight is 348 g/mol. The minimum Gasteiger partial charge on any atom is -0.378 e. The Labute approximate surface area is 149 Å². The lowest BCUT2D eigenvalue weighted by Crippen LogP contribution is -2.55. The molecule has 1 aliphatic heterocycles. The smallest absolute Gasteiger partial charge is 0.163 e. The third-order valence-corrected chi connectivity index (χ3v) is 5.46. The molecule has 1 heterocycles. The molecule has 0 saturated carbocycles. The predicted molar refractivity (Wildman–Crippen MR) is 93.8 cm³/mol. The van der Waals surface area contributed by atoms with Gasteiger partial charge < -0.3 is 18.9 Å². The van der Waals surface area contributed by atoms with Crippen LogP contribution >= 0.6 is 0 Å². The summed E-state index contributed by atoms with van der Waals surface area (Å²) in [6.45, 7) is 5.67. The van der Waals surface area contributed by atoms with Gasteiger partial charge in [-0.05, 0) is 43.9 Å². The molecule has 3 rings (SSSR count). The van der Waals surface area contributed by atoms with Crippen LogP contribution < -0.4 is 0 Å². The molecule has 25 heavy (non-hydrogen) atoms. The molecule has 138 valence electrons. The van der Waals surface area contributed by atoms with Crippen LogP contribution in [0.5, 0.6) is 0 Å². The predicted octanol–water partition coefficient (Wildman–Crippen LogP) is 2.78. The zero-order valence-corrected chi connectivity index (χ0v) is 15.7. The highest BCUT2D eigenvalue weighted by molar-refractivity contribution is 5.94. The van der Waals surface area contributed by atoms with Gasteiger partial charge in [0.25, 0.3) is 0 Å². The van der Waals surface area contributed by atoms with Crippen LogP contribution in [0.3, 0.4) is 0 Å². The Hall–Kier alpha value is -1.27. The van der Waals surface area contributed by atoms with Crippen molar-refractivity contribution in [1.29, 1.82) is 0 Å². The van der Waals surface area contributed by atoms with Crippen LogP contribution in [0.4, 0.5) is 0 Å². The average Bonchev–Trinajstić information content (AvgIpc) is 2.98. The van der Waals surface area contributed by atoms with Gasteiger partial charge in [-0.15, -0.1) is 0 Å². The Morgan fingerprint density at radius 2 is 1.76 bits per heavy atom. The Morgan fingerprint density at radius 3 is 2.40 bits per heavy atom. The van der Waals surface area contributed by atoms with Crippen LogP contribution in [0.1, 0.15) is 42.3 Å². The maximum absolute atomic E-state index is 11.6. The van der Waals surface area contributed by atoms with Gasteiger partial charge in [0, 0.05) is 25.7 Å². The number of carbonyl (C=O) groups is 1. The Balaban J connectivity index is 1.68. The SMILES string of the molecule is CO[C@@H]1[C@@H](OC)[C@@H](C)[C@H](OC2Cc3ccc(C(C)=O)cc3C2)O[C@H]1C. The Kier molecular flexibility index (Phi) is 5.58. The number of rotatable bonds is 5. The van der Waals surface area contributed by atoms with Crippen molar-refractivity contribution in [3.05, 3.63) is 34.9 Å². The van der Waals surface area contributed by atoms with Crippen molar-refractivity contribution < 1.29 is 23.7 Å². The van der Waals surface area contributed by atoms with E-state index in [9.17, 15) is 4.79 Å². The number of ketones is 1. The van der Waals surface area contributed by atoms with Gasteiger partial charge in [-0.2, -0.15) is 0 Å². The summed E-state index contributed by atoms with van der Waals surface area (Å²) in [5, 5.41) is 0. The van der Waals surface area contributed by atoms with Crippen molar-refractivity contribution in [2.75, 3.05) is 14.2 Å². The van der Waals surface area contributed by atoms with Crippen molar-refractivity contribution in [1.82, 2.24) is 0 Å². The summed E-state index contributed by atoms with van der Waals surface area (Å²) in [5.74, 6) is 0.168. The van der Waals surface area contributed by atoms with Crippen molar-refractivity contribution >= 4 is 5.78 Å². The summed E-state index contributed by atoms with van der Waals surface area (Å²) in [6, 6.07) is 5.94. The van der Waals surface area contributed by atoms with E-state index in [1.54, 1.807) is 21.1 Å². The quantitative estimate of drug-likeness (QED) is 0.766. The molecule has 6 atom stereocenters. The largest absolute Gasteiger partial charge is 0.378 e. The highest BCUT2D eigenvalue weighted by Crippen LogP contribution is 2.33. The van der Waals surface area contributed by atoms with Crippen LogP contribution in [0.2, 0.25) is 0 Å². The van der Waals surface area contributed by atoms with Gasteiger partial charge in [0.15, 0.2) is 12.1 Å². The lowest BCUT2D eigenvalue weighted by atomic mass is 9.92. The van der Waals surface area contributed by atoms with Gasteiger partial charge in [-0.3, -0.25) is 4.79 Å². The minimum atomic E-state index is -0.321. The molecule has 0 N–H and O–H groups in total. The lowest BCUT2D eigenvalue weighted by Gasteiger charge is -2.43.